The van der Waals surface area contributed by atoms with Crippen molar-refractivity contribution in [3.63, 3.8) is 0 Å². The molecular weight excluding hydrogens is 351 g/mol. The Hall–Kier alpha value is -0.330. The number of piperidine rings is 1. The average Bonchev–Trinajstić information content (AvgIpc) is 2.52. The van der Waals surface area contributed by atoms with E-state index in [-0.39, 0.29) is 5.54 Å². The molecule has 0 aromatic heterocycles. The molecule has 3 nitrogen and oxygen atoms in total. The van der Waals surface area contributed by atoms with E-state index in [1.54, 1.807) is 4.90 Å². The highest BCUT2D eigenvalue weighted by Gasteiger charge is 2.40. The van der Waals surface area contributed by atoms with Crippen LogP contribution in [0, 0.1) is 5.41 Å². The van der Waals surface area contributed by atoms with Crippen molar-refractivity contribution in [3.05, 3.63) is 0 Å². The van der Waals surface area contributed by atoms with E-state index >= 15 is 0 Å². The van der Waals surface area contributed by atoms with Crippen molar-refractivity contribution in [2.24, 2.45) is 5.41 Å². The summed E-state index contributed by atoms with van der Waals surface area (Å²) in [5.74, 6) is 0. The average molecular weight is 394 g/mol. The van der Waals surface area contributed by atoms with Gasteiger partial charge in [-0.05, 0) is 71.1 Å². The van der Waals surface area contributed by atoms with Gasteiger partial charge in [-0.1, -0.05) is 27.7 Å². The zero-order valence-electron chi connectivity index (χ0n) is 18.5. The second kappa shape index (κ2) is 10.4. The van der Waals surface area contributed by atoms with Gasteiger partial charge in [-0.15, -0.1) is 0 Å². The van der Waals surface area contributed by atoms with Gasteiger partial charge < -0.3 is 9.80 Å². The lowest BCUT2D eigenvalue weighted by atomic mass is 9.83. The van der Waals surface area contributed by atoms with Crippen molar-refractivity contribution in [2.45, 2.75) is 78.9 Å². The van der Waals surface area contributed by atoms with Crippen LogP contribution in [0.3, 0.4) is 0 Å². The molecule has 0 radical (unpaired) electrons. The number of hydrogen-bond acceptors (Lipinski definition) is 3. The lowest BCUT2D eigenvalue weighted by molar-refractivity contribution is -0.164. The van der Waals surface area contributed by atoms with Gasteiger partial charge in [0.25, 0.3) is 0 Å². The molecule has 0 N–H and O–H groups in total. The van der Waals surface area contributed by atoms with Gasteiger partial charge in [0.1, 0.15) is 0 Å². The summed E-state index contributed by atoms with van der Waals surface area (Å²) in [5.41, 5.74) is 0.229. The fourth-order valence-electron chi connectivity index (χ4n) is 4.01. The minimum Gasteiger partial charge on any atom is -0.303 e. The highest BCUT2D eigenvalue weighted by Crippen LogP contribution is 2.29. The molecule has 2 aliphatic rings. The van der Waals surface area contributed by atoms with Crippen molar-refractivity contribution in [1.29, 1.82) is 0 Å². The normalized spacial score (nSPS) is 24.3. The molecule has 0 saturated carbocycles. The minimum absolute atomic E-state index is 0.386. The number of rotatable bonds is 5. The molecule has 162 valence electrons. The second-order valence-corrected chi connectivity index (χ2v) is 9.63. The molecule has 0 atom stereocenters. The molecular formula is C21H42F3N3. The fourth-order valence-corrected chi connectivity index (χ4v) is 4.01. The molecule has 27 heavy (non-hydrogen) atoms. The Morgan fingerprint density at radius 3 is 1.74 bits per heavy atom. The Morgan fingerprint density at radius 2 is 1.30 bits per heavy atom. The SMILES string of the molecule is CCCN1CCC(C)(C)CC1.CCCN1CCN(CC(F)(F)F)C(C)(C)C1. The van der Waals surface area contributed by atoms with E-state index in [9.17, 15) is 13.2 Å². The first-order valence-corrected chi connectivity index (χ1v) is 10.6. The van der Waals surface area contributed by atoms with E-state index in [0.29, 0.717) is 12.0 Å². The molecule has 0 unspecified atom stereocenters. The topological polar surface area (TPSA) is 9.72 Å². The molecule has 0 aromatic carbocycles. The number of nitrogens with zero attached hydrogens (tertiary/aromatic N) is 3. The van der Waals surface area contributed by atoms with Gasteiger partial charge >= 0.3 is 6.18 Å². The second-order valence-electron chi connectivity index (χ2n) is 9.63. The highest BCUT2D eigenvalue weighted by molar-refractivity contribution is 4.90. The molecule has 0 amide bonds. The summed E-state index contributed by atoms with van der Waals surface area (Å²) >= 11 is 0. The molecule has 2 saturated heterocycles. The standard InChI is InChI=1S/C11H21F3N2.C10H21N/c1-4-5-15-6-7-16(9-11(12,13)14)10(2,3)8-15;1-4-7-11-8-5-10(2,3)6-9-11/h4-9H2,1-3H3;4-9H2,1-3H3. The van der Waals surface area contributed by atoms with Gasteiger partial charge in [0.15, 0.2) is 0 Å². The van der Waals surface area contributed by atoms with Crippen LogP contribution in [-0.4, -0.2) is 78.8 Å². The lowest BCUT2D eigenvalue weighted by Gasteiger charge is -2.47. The van der Waals surface area contributed by atoms with Gasteiger partial charge in [-0.3, -0.25) is 4.90 Å². The Balaban J connectivity index is 0.000000289. The predicted octanol–water partition coefficient (Wildman–Crippen LogP) is 4.87. The number of hydrogen-bond donors (Lipinski definition) is 0. The lowest BCUT2D eigenvalue weighted by Crippen LogP contribution is -2.61. The first-order chi connectivity index (χ1) is 12.4. The number of piperazine rings is 1. The van der Waals surface area contributed by atoms with Crippen LogP contribution in [0.25, 0.3) is 0 Å². The van der Waals surface area contributed by atoms with E-state index in [4.69, 9.17) is 0 Å². The third kappa shape index (κ3) is 9.62. The Kier molecular flexibility index (Phi) is 9.56. The van der Waals surface area contributed by atoms with Gasteiger partial charge in [-0.25, -0.2) is 0 Å². The third-order valence-corrected chi connectivity index (χ3v) is 5.81. The number of likely N-dealkylation sites (tertiary alicyclic amines) is 1. The Bertz CT molecular complexity index is 411. The van der Waals surface area contributed by atoms with Crippen LogP contribution in [0.15, 0.2) is 0 Å². The first-order valence-electron chi connectivity index (χ1n) is 10.6. The van der Waals surface area contributed by atoms with E-state index in [2.05, 4.69) is 37.5 Å². The van der Waals surface area contributed by atoms with Crippen LogP contribution >= 0.6 is 0 Å². The van der Waals surface area contributed by atoms with Crippen molar-refractivity contribution in [1.82, 2.24) is 14.7 Å². The van der Waals surface area contributed by atoms with Crippen LogP contribution in [-0.2, 0) is 0 Å². The minimum atomic E-state index is -4.09. The van der Waals surface area contributed by atoms with E-state index in [1.165, 1.54) is 38.9 Å². The number of alkyl halides is 3. The maximum Gasteiger partial charge on any atom is 0.401 e. The van der Waals surface area contributed by atoms with Gasteiger partial charge in [0, 0.05) is 25.2 Å². The van der Waals surface area contributed by atoms with E-state index < -0.39 is 12.7 Å². The van der Waals surface area contributed by atoms with Crippen molar-refractivity contribution in [2.75, 3.05) is 52.4 Å². The summed E-state index contributed by atoms with van der Waals surface area (Å²) in [6.07, 6.45) is 1.03. The molecule has 2 heterocycles. The Morgan fingerprint density at radius 1 is 0.778 bits per heavy atom. The molecule has 0 bridgehead atoms. The highest BCUT2D eigenvalue weighted by atomic mass is 19.4. The van der Waals surface area contributed by atoms with Crippen molar-refractivity contribution >= 4 is 0 Å². The molecule has 2 aliphatic heterocycles. The summed E-state index contributed by atoms with van der Waals surface area (Å²) in [7, 11) is 0. The van der Waals surface area contributed by atoms with Crippen LogP contribution in [0.2, 0.25) is 0 Å². The van der Waals surface area contributed by atoms with Gasteiger partial charge in [0.2, 0.25) is 0 Å². The van der Waals surface area contributed by atoms with Crippen molar-refractivity contribution in [3.8, 4) is 0 Å². The molecule has 0 aliphatic carbocycles. The fraction of sp³-hybridized carbons (Fsp3) is 1.00. The summed E-state index contributed by atoms with van der Waals surface area (Å²) in [6, 6.07) is 0. The summed E-state index contributed by atoms with van der Waals surface area (Å²) in [4.78, 5) is 6.37. The third-order valence-electron chi connectivity index (χ3n) is 5.81. The smallest absolute Gasteiger partial charge is 0.303 e. The number of halogens is 3. The van der Waals surface area contributed by atoms with Crippen LogP contribution in [0.4, 0.5) is 13.2 Å². The predicted molar refractivity (Wildman–Crippen MR) is 108 cm³/mol. The summed E-state index contributed by atoms with van der Waals surface area (Å²) in [5, 5.41) is 0. The van der Waals surface area contributed by atoms with E-state index in [0.717, 1.165) is 26.1 Å². The van der Waals surface area contributed by atoms with E-state index in [1.807, 2.05) is 13.8 Å². The quantitative estimate of drug-likeness (QED) is 0.659. The largest absolute Gasteiger partial charge is 0.401 e. The maximum absolute atomic E-state index is 12.4. The Labute approximate surface area is 165 Å². The van der Waals surface area contributed by atoms with Gasteiger partial charge in [-0.2, -0.15) is 13.2 Å². The van der Waals surface area contributed by atoms with Crippen LogP contribution in [0.1, 0.15) is 67.2 Å². The molecule has 2 fully saturated rings. The summed E-state index contributed by atoms with van der Waals surface area (Å²) in [6.45, 7) is 19.0. The zero-order valence-corrected chi connectivity index (χ0v) is 18.5. The molecule has 0 spiro atoms. The monoisotopic (exact) mass is 393 g/mol. The van der Waals surface area contributed by atoms with Crippen LogP contribution < -0.4 is 0 Å². The van der Waals surface area contributed by atoms with Crippen molar-refractivity contribution < 1.29 is 13.2 Å². The van der Waals surface area contributed by atoms with Crippen LogP contribution in [0.5, 0.6) is 0 Å². The maximum atomic E-state index is 12.4. The molecule has 2 rings (SSSR count). The molecule has 0 aromatic rings. The summed E-state index contributed by atoms with van der Waals surface area (Å²) < 4.78 is 37.1. The molecule has 6 heteroatoms. The zero-order chi connectivity index (χ0) is 20.7. The van der Waals surface area contributed by atoms with Gasteiger partial charge in [0.05, 0.1) is 6.54 Å². The first kappa shape index (κ1) is 24.7.